The molecule has 0 amide bonds. The summed E-state index contributed by atoms with van der Waals surface area (Å²) in [5.74, 6) is -0.137. The van der Waals surface area contributed by atoms with E-state index < -0.39 is 0 Å². The number of rotatable bonds is 1. The fourth-order valence-electron chi connectivity index (χ4n) is 3.31. The molecular weight excluding hydrogens is 215 g/mol. The van der Waals surface area contributed by atoms with E-state index in [1.807, 2.05) is 12.1 Å². The highest BCUT2D eigenvalue weighted by Crippen LogP contribution is 2.47. The summed E-state index contributed by atoms with van der Waals surface area (Å²) in [7, 11) is 0. The Labute approximate surface area is 102 Å². The second-order valence-electron chi connectivity index (χ2n) is 5.53. The van der Waals surface area contributed by atoms with E-state index in [4.69, 9.17) is 0 Å². The first-order chi connectivity index (χ1) is 8.14. The molecule has 0 radical (unpaired) electrons. The van der Waals surface area contributed by atoms with Gasteiger partial charge in [0.15, 0.2) is 0 Å². The van der Waals surface area contributed by atoms with Gasteiger partial charge < -0.3 is 10.2 Å². The molecule has 17 heavy (non-hydrogen) atoms. The number of anilines is 2. The van der Waals surface area contributed by atoms with E-state index >= 15 is 0 Å². The lowest BCUT2D eigenvalue weighted by Gasteiger charge is -2.56. The van der Waals surface area contributed by atoms with Gasteiger partial charge in [0.2, 0.25) is 0 Å². The molecule has 0 aromatic heterocycles. The van der Waals surface area contributed by atoms with Crippen molar-refractivity contribution in [2.75, 3.05) is 16.8 Å². The van der Waals surface area contributed by atoms with Gasteiger partial charge in [0.05, 0.1) is 16.9 Å². The molecule has 1 aliphatic heterocycles. The van der Waals surface area contributed by atoms with Gasteiger partial charge in [0.1, 0.15) is 5.82 Å². The monoisotopic (exact) mass is 234 g/mol. The minimum atomic E-state index is -0.137. The molecule has 1 heterocycles. The Bertz CT molecular complexity index is 438. The molecule has 2 aliphatic rings. The lowest BCUT2D eigenvalue weighted by atomic mass is 9.73. The van der Waals surface area contributed by atoms with Crippen molar-refractivity contribution in [2.45, 2.75) is 44.7 Å². The maximum atomic E-state index is 13.8. The van der Waals surface area contributed by atoms with Crippen LogP contribution in [0, 0.1) is 5.82 Å². The molecule has 0 unspecified atom stereocenters. The van der Waals surface area contributed by atoms with Crippen LogP contribution in [0.15, 0.2) is 18.2 Å². The van der Waals surface area contributed by atoms with Crippen molar-refractivity contribution in [1.29, 1.82) is 0 Å². The van der Waals surface area contributed by atoms with Crippen LogP contribution >= 0.6 is 0 Å². The average Bonchev–Trinajstić information content (AvgIpc) is 2.25. The summed E-state index contributed by atoms with van der Waals surface area (Å²) >= 11 is 0. The zero-order valence-corrected chi connectivity index (χ0v) is 10.5. The molecule has 1 spiro atoms. The number of nitrogens with zero attached hydrogens (tertiary/aromatic N) is 1. The molecule has 2 nitrogen and oxygen atoms in total. The van der Waals surface area contributed by atoms with Gasteiger partial charge in [-0.2, -0.15) is 0 Å². The highest BCUT2D eigenvalue weighted by Gasteiger charge is 2.46. The van der Waals surface area contributed by atoms with Crippen LogP contribution in [0.1, 0.15) is 33.1 Å². The van der Waals surface area contributed by atoms with E-state index in [0.29, 0.717) is 11.7 Å². The van der Waals surface area contributed by atoms with Gasteiger partial charge in [-0.1, -0.05) is 6.07 Å². The van der Waals surface area contributed by atoms with E-state index in [1.54, 1.807) is 0 Å². The van der Waals surface area contributed by atoms with Crippen molar-refractivity contribution in [3.05, 3.63) is 24.0 Å². The van der Waals surface area contributed by atoms with Crippen LogP contribution in [0.2, 0.25) is 0 Å². The number of hydrogen-bond acceptors (Lipinski definition) is 2. The van der Waals surface area contributed by atoms with Crippen LogP contribution in [0.4, 0.5) is 15.8 Å². The smallest absolute Gasteiger partial charge is 0.148 e. The van der Waals surface area contributed by atoms with Crippen molar-refractivity contribution < 1.29 is 4.39 Å². The third kappa shape index (κ3) is 1.44. The molecule has 1 N–H and O–H groups in total. The highest BCUT2D eigenvalue weighted by molar-refractivity contribution is 5.75. The fourth-order valence-corrected chi connectivity index (χ4v) is 3.31. The van der Waals surface area contributed by atoms with Crippen molar-refractivity contribution in [3.8, 4) is 0 Å². The van der Waals surface area contributed by atoms with Gasteiger partial charge >= 0.3 is 0 Å². The summed E-state index contributed by atoms with van der Waals surface area (Å²) in [4.78, 5) is 2.42. The molecule has 1 aromatic carbocycles. The van der Waals surface area contributed by atoms with Crippen molar-refractivity contribution in [3.63, 3.8) is 0 Å². The van der Waals surface area contributed by atoms with Crippen molar-refractivity contribution in [1.82, 2.24) is 0 Å². The Kier molecular flexibility index (Phi) is 2.32. The number of nitrogens with one attached hydrogen (secondary N) is 1. The van der Waals surface area contributed by atoms with Gasteiger partial charge in [-0.05, 0) is 45.2 Å². The van der Waals surface area contributed by atoms with Gasteiger partial charge in [-0.25, -0.2) is 4.39 Å². The lowest BCUT2D eigenvalue weighted by molar-refractivity contribution is 0.226. The summed E-state index contributed by atoms with van der Waals surface area (Å²) in [5, 5.41) is 3.29. The third-order valence-corrected chi connectivity index (χ3v) is 4.16. The van der Waals surface area contributed by atoms with E-state index in [0.717, 1.165) is 12.2 Å². The quantitative estimate of drug-likeness (QED) is 0.801. The summed E-state index contributed by atoms with van der Waals surface area (Å²) in [6.07, 6.45) is 3.72. The number of para-hydroxylation sites is 1. The molecule has 0 saturated heterocycles. The first-order valence-corrected chi connectivity index (χ1v) is 6.46. The normalized spacial score (nSPS) is 21.1. The molecule has 1 aliphatic carbocycles. The number of fused-ring (bicyclic) bond motifs is 1. The van der Waals surface area contributed by atoms with Gasteiger partial charge in [0.25, 0.3) is 0 Å². The lowest BCUT2D eigenvalue weighted by Crippen LogP contribution is -2.62. The Hall–Kier alpha value is -1.25. The summed E-state index contributed by atoms with van der Waals surface area (Å²) in [5.41, 5.74) is 1.94. The standard InChI is InChI=1S/C14H19FN2/c1-10(2)17-12-6-3-5-11(15)13(12)16-9-14(17)7-4-8-14/h3,5-6,10,16H,4,7-9H2,1-2H3. The predicted molar refractivity (Wildman–Crippen MR) is 69.1 cm³/mol. The molecule has 1 aromatic rings. The Morgan fingerprint density at radius 2 is 2.12 bits per heavy atom. The molecule has 1 saturated carbocycles. The fraction of sp³-hybridized carbons (Fsp3) is 0.571. The second kappa shape index (κ2) is 3.62. The summed E-state index contributed by atoms with van der Waals surface area (Å²) < 4.78 is 13.8. The number of hydrogen-bond donors (Lipinski definition) is 1. The largest absolute Gasteiger partial charge is 0.379 e. The molecule has 92 valence electrons. The topological polar surface area (TPSA) is 15.3 Å². The van der Waals surface area contributed by atoms with Gasteiger partial charge in [0, 0.05) is 12.6 Å². The SMILES string of the molecule is CC(C)N1c2cccc(F)c2NCC12CCC2. The Balaban J connectivity index is 2.10. The van der Waals surface area contributed by atoms with E-state index in [1.165, 1.54) is 25.3 Å². The average molecular weight is 234 g/mol. The predicted octanol–water partition coefficient (Wildman–Crippen LogP) is 3.39. The maximum Gasteiger partial charge on any atom is 0.148 e. The number of halogens is 1. The molecular formula is C14H19FN2. The molecule has 3 rings (SSSR count). The zero-order valence-electron chi connectivity index (χ0n) is 10.5. The van der Waals surface area contributed by atoms with Crippen LogP contribution in [-0.2, 0) is 0 Å². The molecule has 0 bridgehead atoms. The second-order valence-corrected chi connectivity index (χ2v) is 5.53. The van der Waals surface area contributed by atoms with E-state index in [2.05, 4.69) is 24.1 Å². The summed E-state index contributed by atoms with van der Waals surface area (Å²) in [6, 6.07) is 5.79. The van der Waals surface area contributed by atoms with Gasteiger partial charge in [-0.15, -0.1) is 0 Å². The van der Waals surface area contributed by atoms with E-state index in [-0.39, 0.29) is 11.4 Å². The summed E-state index contributed by atoms with van der Waals surface area (Å²) in [6.45, 7) is 5.26. The first kappa shape index (κ1) is 10.9. The Morgan fingerprint density at radius 3 is 2.71 bits per heavy atom. The van der Waals surface area contributed by atoms with Crippen LogP contribution in [0.3, 0.4) is 0 Å². The minimum Gasteiger partial charge on any atom is -0.379 e. The minimum absolute atomic E-state index is 0.137. The van der Waals surface area contributed by atoms with Crippen molar-refractivity contribution >= 4 is 11.4 Å². The molecule has 3 heteroatoms. The van der Waals surface area contributed by atoms with Crippen LogP contribution in [0.5, 0.6) is 0 Å². The van der Waals surface area contributed by atoms with Crippen LogP contribution in [-0.4, -0.2) is 18.1 Å². The molecule has 1 fully saturated rings. The maximum absolute atomic E-state index is 13.8. The third-order valence-electron chi connectivity index (χ3n) is 4.16. The van der Waals surface area contributed by atoms with Crippen LogP contribution < -0.4 is 10.2 Å². The molecule has 0 atom stereocenters. The van der Waals surface area contributed by atoms with Crippen LogP contribution in [0.25, 0.3) is 0 Å². The van der Waals surface area contributed by atoms with E-state index in [9.17, 15) is 4.39 Å². The Morgan fingerprint density at radius 1 is 1.35 bits per heavy atom. The van der Waals surface area contributed by atoms with Crippen molar-refractivity contribution in [2.24, 2.45) is 0 Å². The van der Waals surface area contributed by atoms with Gasteiger partial charge in [-0.3, -0.25) is 0 Å². The number of benzene rings is 1. The zero-order chi connectivity index (χ0) is 12.0. The first-order valence-electron chi connectivity index (χ1n) is 6.46. The highest BCUT2D eigenvalue weighted by atomic mass is 19.1.